The quantitative estimate of drug-likeness (QED) is 0.774. The van der Waals surface area contributed by atoms with Gasteiger partial charge in [-0.25, -0.2) is 0 Å². The molecule has 0 spiro atoms. The summed E-state index contributed by atoms with van der Waals surface area (Å²) in [6.45, 7) is -0.240. The minimum atomic E-state index is -0.240. The van der Waals surface area contributed by atoms with Crippen molar-refractivity contribution in [1.29, 1.82) is 0 Å². The molecule has 76 valence electrons. The number of pyridine rings is 1. The third-order valence-corrected chi connectivity index (χ3v) is 2.26. The van der Waals surface area contributed by atoms with E-state index in [-0.39, 0.29) is 12.2 Å². The molecule has 0 unspecified atom stereocenters. The summed E-state index contributed by atoms with van der Waals surface area (Å²) in [6, 6.07) is 11.4. The van der Waals surface area contributed by atoms with Crippen LogP contribution < -0.4 is 5.56 Å². The van der Waals surface area contributed by atoms with Crippen molar-refractivity contribution in [2.24, 2.45) is 0 Å². The number of nitrogens with one attached hydrogen (secondary N) is 1. The smallest absolute Gasteiger partial charge is 0.253 e. The molecule has 2 aromatic rings. The van der Waals surface area contributed by atoms with Crippen molar-refractivity contribution in [3.05, 3.63) is 58.5 Å². The van der Waals surface area contributed by atoms with E-state index in [2.05, 4.69) is 4.98 Å². The van der Waals surface area contributed by atoms with Crippen LogP contribution in [0.1, 0.15) is 5.56 Å². The summed E-state index contributed by atoms with van der Waals surface area (Å²) in [5.41, 5.74) is 2.07. The molecule has 0 bridgehead atoms. The third-order valence-electron chi connectivity index (χ3n) is 2.26. The molecule has 0 amide bonds. The lowest BCUT2D eigenvalue weighted by Gasteiger charge is -2.02. The van der Waals surface area contributed by atoms with Crippen molar-refractivity contribution in [2.45, 2.75) is 6.61 Å². The highest BCUT2D eigenvalue weighted by atomic mass is 16.3. The number of hydrogen-bond donors (Lipinski definition) is 2. The van der Waals surface area contributed by atoms with Crippen molar-refractivity contribution >= 4 is 0 Å². The molecule has 0 fully saturated rings. The topological polar surface area (TPSA) is 53.1 Å². The zero-order valence-corrected chi connectivity index (χ0v) is 8.10. The number of rotatable bonds is 2. The maximum Gasteiger partial charge on any atom is 0.253 e. The highest BCUT2D eigenvalue weighted by molar-refractivity contribution is 5.62. The van der Waals surface area contributed by atoms with Crippen LogP contribution in [0.2, 0.25) is 0 Å². The summed E-state index contributed by atoms with van der Waals surface area (Å²) >= 11 is 0. The fourth-order valence-electron chi connectivity index (χ4n) is 1.45. The van der Waals surface area contributed by atoms with Crippen LogP contribution in [0.25, 0.3) is 11.1 Å². The van der Waals surface area contributed by atoms with E-state index in [0.29, 0.717) is 5.56 Å². The fraction of sp³-hybridized carbons (Fsp3) is 0.0833. The monoisotopic (exact) mass is 201 g/mol. The predicted octanol–water partition coefficient (Wildman–Crippen LogP) is 1.53. The Morgan fingerprint density at radius 3 is 2.53 bits per heavy atom. The highest BCUT2D eigenvalue weighted by Gasteiger charge is 2.01. The average molecular weight is 201 g/mol. The van der Waals surface area contributed by atoms with Gasteiger partial charge in [0.25, 0.3) is 5.56 Å². The number of hydrogen-bond acceptors (Lipinski definition) is 2. The molecule has 3 heteroatoms. The van der Waals surface area contributed by atoms with Gasteiger partial charge in [-0.05, 0) is 17.2 Å². The Labute approximate surface area is 87.0 Å². The normalized spacial score (nSPS) is 10.2. The molecule has 1 aromatic heterocycles. The molecule has 3 nitrogen and oxygen atoms in total. The zero-order valence-electron chi connectivity index (χ0n) is 8.10. The highest BCUT2D eigenvalue weighted by Crippen LogP contribution is 2.17. The number of aromatic nitrogens is 1. The average Bonchev–Trinajstić information content (AvgIpc) is 2.31. The first-order chi connectivity index (χ1) is 7.31. The summed E-state index contributed by atoms with van der Waals surface area (Å²) < 4.78 is 0. The van der Waals surface area contributed by atoms with Crippen molar-refractivity contribution in [3.8, 4) is 11.1 Å². The Kier molecular flexibility index (Phi) is 2.65. The van der Waals surface area contributed by atoms with E-state index in [4.69, 9.17) is 5.11 Å². The second-order valence-electron chi connectivity index (χ2n) is 3.27. The second-order valence-corrected chi connectivity index (χ2v) is 3.27. The van der Waals surface area contributed by atoms with Gasteiger partial charge in [0.2, 0.25) is 0 Å². The summed E-state index contributed by atoms with van der Waals surface area (Å²) in [5.74, 6) is 0. The molecule has 0 aliphatic carbocycles. The van der Waals surface area contributed by atoms with Gasteiger partial charge in [-0.15, -0.1) is 0 Å². The molecule has 2 N–H and O–H groups in total. The molecule has 1 heterocycles. The first-order valence-electron chi connectivity index (χ1n) is 4.69. The molecule has 0 saturated heterocycles. The van der Waals surface area contributed by atoms with Crippen LogP contribution in [0.5, 0.6) is 0 Å². The summed E-state index contributed by atoms with van der Waals surface area (Å²) in [7, 11) is 0. The standard InChI is InChI=1S/C12H11NO2/c14-8-11-6-10(7-13-12(11)15)9-4-2-1-3-5-9/h1-7,14H,8H2,(H,13,15). The van der Waals surface area contributed by atoms with Gasteiger partial charge in [0.1, 0.15) is 0 Å². The van der Waals surface area contributed by atoms with Crippen LogP contribution in [0.3, 0.4) is 0 Å². The van der Waals surface area contributed by atoms with Crippen molar-refractivity contribution in [3.63, 3.8) is 0 Å². The maximum atomic E-state index is 11.2. The van der Waals surface area contributed by atoms with E-state index in [1.807, 2.05) is 30.3 Å². The minimum absolute atomic E-state index is 0.239. The molecule has 2 rings (SSSR count). The molecule has 0 aliphatic rings. The van der Waals surface area contributed by atoms with Crippen molar-refractivity contribution in [2.75, 3.05) is 0 Å². The van der Waals surface area contributed by atoms with Gasteiger partial charge < -0.3 is 10.1 Å². The van der Waals surface area contributed by atoms with Gasteiger partial charge in [-0.3, -0.25) is 4.79 Å². The second kappa shape index (κ2) is 4.11. The number of benzene rings is 1. The Morgan fingerprint density at radius 1 is 1.13 bits per heavy atom. The number of H-pyrrole nitrogens is 1. The summed E-state index contributed by atoms with van der Waals surface area (Å²) in [6.07, 6.45) is 1.65. The predicted molar refractivity (Wildman–Crippen MR) is 58.4 cm³/mol. The van der Waals surface area contributed by atoms with Crippen LogP contribution in [-0.2, 0) is 6.61 Å². The van der Waals surface area contributed by atoms with Crippen LogP contribution in [0.4, 0.5) is 0 Å². The zero-order chi connectivity index (χ0) is 10.7. The lowest BCUT2D eigenvalue weighted by molar-refractivity contribution is 0.280. The number of aliphatic hydroxyl groups excluding tert-OH is 1. The fourth-order valence-corrected chi connectivity index (χ4v) is 1.45. The Morgan fingerprint density at radius 2 is 1.87 bits per heavy atom. The molecule has 0 aliphatic heterocycles. The summed E-state index contributed by atoms with van der Waals surface area (Å²) in [5, 5.41) is 8.97. The Bertz CT molecular complexity index is 503. The lowest BCUT2D eigenvalue weighted by atomic mass is 10.1. The van der Waals surface area contributed by atoms with Crippen LogP contribution in [0, 0.1) is 0 Å². The first kappa shape index (κ1) is 9.68. The van der Waals surface area contributed by atoms with E-state index >= 15 is 0 Å². The van der Waals surface area contributed by atoms with E-state index < -0.39 is 0 Å². The molecule has 0 radical (unpaired) electrons. The lowest BCUT2D eigenvalue weighted by Crippen LogP contribution is -2.11. The molecular weight excluding hydrogens is 190 g/mol. The minimum Gasteiger partial charge on any atom is -0.391 e. The van der Waals surface area contributed by atoms with Gasteiger partial charge in [0.15, 0.2) is 0 Å². The van der Waals surface area contributed by atoms with Gasteiger partial charge in [-0.1, -0.05) is 30.3 Å². The molecule has 0 saturated carbocycles. The number of aliphatic hydroxyl groups is 1. The van der Waals surface area contributed by atoms with Gasteiger partial charge >= 0.3 is 0 Å². The molecule has 0 atom stereocenters. The van der Waals surface area contributed by atoms with E-state index in [9.17, 15) is 4.79 Å². The van der Waals surface area contributed by atoms with Crippen molar-refractivity contribution in [1.82, 2.24) is 4.98 Å². The Balaban J connectivity index is 2.51. The van der Waals surface area contributed by atoms with Gasteiger partial charge in [-0.2, -0.15) is 0 Å². The van der Waals surface area contributed by atoms with Crippen LogP contribution in [0.15, 0.2) is 47.4 Å². The number of aromatic amines is 1. The van der Waals surface area contributed by atoms with E-state index in [0.717, 1.165) is 11.1 Å². The van der Waals surface area contributed by atoms with Crippen LogP contribution in [-0.4, -0.2) is 10.1 Å². The molecule has 15 heavy (non-hydrogen) atoms. The molecule has 1 aromatic carbocycles. The largest absolute Gasteiger partial charge is 0.391 e. The first-order valence-corrected chi connectivity index (χ1v) is 4.69. The molecular formula is C12H11NO2. The van der Waals surface area contributed by atoms with Crippen LogP contribution >= 0.6 is 0 Å². The van der Waals surface area contributed by atoms with E-state index in [1.165, 1.54) is 0 Å². The SMILES string of the molecule is O=c1[nH]cc(-c2ccccc2)cc1CO. The van der Waals surface area contributed by atoms with E-state index in [1.54, 1.807) is 12.3 Å². The summed E-state index contributed by atoms with van der Waals surface area (Å²) in [4.78, 5) is 13.8. The third kappa shape index (κ3) is 1.97. The Hall–Kier alpha value is -1.87. The van der Waals surface area contributed by atoms with Crippen molar-refractivity contribution < 1.29 is 5.11 Å². The maximum absolute atomic E-state index is 11.2. The van der Waals surface area contributed by atoms with Gasteiger partial charge in [0.05, 0.1) is 6.61 Å². The van der Waals surface area contributed by atoms with Gasteiger partial charge in [0, 0.05) is 11.8 Å².